The molecule has 0 saturated heterocycles. The number of hydrogen-bond acceptors (Lipinski definition) is 0. The first-order valence-electron chi connectivity index (χ1n) is 0.478. The van der Waals surface area contributed by atoms with Crippen LogP contribution in [0.2, 0.25) is 0 Å². The van der Waals surface area contributed by atoms with Gasteiger partial charge in [0.25, 0.3) is 0 Å². The summed E-state index contributed by atoms with van der Waals surface area (Å²) in [5, 5.41) is 0. The van der Waals surface area contributed by atoms with E-state index in [1.54, 1.807) is 0 Å². The van der Waals surface area contributed by atoms with Crippen LogP contribution >= 0.6 is 0 Å². The van der Waals surface area contributed by atoms with Crippen molar-refractivity contribution in [2.24, 2.45) is 0 Å². The number of hydrogen-bond donors (Lipinski definition) is 0. The number of halogens is 4. The molecule has 5 heteroatoms. The van der Waals surface area contributed by atoms with Gasteiger partial charge in [-0.3, -0.25) is 0 Å². The zero-order chi connectivity index (χ0) is 4.50. The topological polar surface area (TPSA) is 0 Å². The van der Waals surface area contributed by atoms with Crippen LogP contribution in [0.3, 0.4) is 0 Å². The van der Waals surface area contributed by atoms with Gasteiger partial charge in [0.2, 0.25) is 0 Å². The Morgan fingerprint density at radius 3 is 0.800 bits per heavy atom. The zero-order valence-electron chi connectivity index (χ0n) is 1.83. The molecule has 0 fully saturated rings. The Hall–Kier alpha value is 0.408. The molecule has 0 bridgehead atoms. The summed E-state index contributed by atoms with van der Waals surface area (Å²) in [7, 11) is 0. The van der Waals surface area contributed by atoms with E-state index in [0.29, 0.717) is 0 Å². The number of rotatable bonds is 0. The minimum atomic E-state index is -6.94. The molecule has 0 rings (SSSR count). The van der Waals surface area contributed by atoms with Gasteiger partial charge >= 0.3 is 30.8 Å². The molecular weight excluding hydrogens is 271 g/mol. The molecule has 0 heterocycles. The minimum absolute atomic E-state index is 6.94. The van der Waals surface area contributed by atoms with Crippen LogP contribution in [0.4, 0.5) is 12.6 Å². The van der Waals surface area contributed by atoms with Gasteiger partial charge in [0.15, 0.2) is 0 Å². The maximum atomic E-state index is 9.87. The van der Waals surface area contributed by atoms with Crippen LogP contribution in [0, 0.1) is 0 Å². The second kappa shape index (κ2) is 1.25. The van der Waals surface area contributed by atoms with Crippen molar-refractivity contribution in [3.63, 3.8) is 0 Å². The second-order valence-corrected chi connectivity index (χ2v) is 2.22. The fourth-order valence-corrected chi connectivity index (χ4v) is 0. The normalized spacial score (nSPS) is 15.2. The molecule has 5 heavy (non-hydrogen) atoms. The van der Waals surface area contributed by atoms with Crippen LogP contribution in [0.15, 0.2) is 0 Å². The Morgan fingerprint density at radius 1 is 0.800 bits per heavy atom. The molecule has 0 unspecified atom stereocenters. The van der Waals surface area contributed by atoms with Crippen molar-refractivity contribution in [2.45, 2.75) is 0 Å². The molecule has 0 nitrogen and oxygen atoms in total. The van der Waals surface area contributed by atoms with E-state index in [1.165, 1.54) is 0 Å². The fraction of sp³-hybridized carbons (Fsp3) is 0. The van der Waals surface area contributed by atoms with Gasteiger partial charge < -0.3 is 0 Å². The average molecular weight is 271 g/mol. The Morgan fingerprint density at radius 2 is 0.800 bits per heavy atom. The van der Waals surface area contributed by atoms with E-state index in [-0.39, 0.29) is 0 Å². The van der Waals surface area contributed by atoms with Crippen LogP contribution in [-0.2, 0) is 18.2 Å². The van der Waals surface area contributed by atoms with Gasteiger partial charge in [-0.2, -0.15) is 0 Å². The zero-order valence-corrected chi connectivity index (χ0v) is 4.10. The molecule has 0 N–H and O–H groups in total. The van der Waals surface area contributed by atoms with Crippen LogP contribution in [0.1, 0.15) is 0 Å². The molecule has 0 aromatic carbocycles. The molecule has 0 saturated carbocycles. The van der Waals surface area contributed by atoms with E-state index in [1.807, 2.05) is 0 Å². The Labute approximate surface area is 31.6 Å². The van der Waals surface area contributed by atoms with Gasteiger partial charge in [0.05, 0.1) is 0 Å². The van der Waals surface area contributed by atoms with E-state index in [0.717, 1.165) is 0 Å². The first-order chi connectivity index (χ1) is 2.00. The first kappa shape index (κ1) is 5.41. The van der Waals surface area contributed by atoms with Gasteiger partial charge in [-0.15, -0.1) is 0 Å². The molecule has 0 aliphatic rings. The van der Waals surface area contributed by atoms with Gasteiger partial charge in [-0.25, -0.2) is 0 Å². The summed E-state index contributed by atoms with van der Waals surface area (Å²) in [5.41, 5.74) is 0. The van der Waals surface area contributed by atoms with Gasteiger partial charge in [-0.05, 0) is 0 Å². The summed E-state index contributed by atoms with van der Waals surface area (Å²) < 4.78 is 39.5. The van der Waals surface area contributed by atoms with Crippen molar-refractivity contribution < 1.29 is 30.8 Å². The quantitative estimate of drug-likeness (QED) is 0.588. The third-order valence-corrected chi connectivity index (χ3v) is 0. The summed E-state index contributed by atoms with van der Waals surface area (Å²) in [6.45, 7) is 0. The van der Waals surface area contributed by atoms with Gasteiger partial charge in [0.1, 0.15) is 0 Å². The molecule has 0 radical (unpaired) electrons. The van der Waals surface area contributed by atoms with E-state index in [9.17, 15) is 12.6 Å². The monoisotopic (exact) mass is 271 g/mol. The van der Waals surface area contributed by atoms with Crippen molar-refractivity contribution in [3.05, 3.63) is 0 Å². The van der Waals surface area contributed by atoms with Crippen molar-refractivity contribution >= 4 is 0 Å². The summed E-state index contributed by atoms with van der Waals surface area (Å²) in [4.78, 5) is 0. The molecule has 0 aromatic heterocycles. The van der Waals surface area contributed by atoms with Crippen LogP contribution < -0.4 is 0 Å². The second-order valence-electron chi connectivity index (χ2n) is 0.271. The molecule has 0 aliphatic carbocycles. The SMILES string of the molecule is [F][Pt-2]([F])([F])[F]. The molecule has 0 aliphatic heterocycles. The van der Waals surface area contributed by atoms with Crippen LogP contribution in [0.25, 0.3) is 0 Å². The molecule has 0 amide bonds. The van der Waals surface area contributed by atoms with Gasteiger partial charge in [0, 0.05) is 0 Å². The third-order valence-electron chi connectivity index (χ3n) is 0. The predicted octanol–water partition coefficient (Wildman–Crippen LogP) is 1.68. The molecule has 40 valence electrons. The van der Waals surface area contributed by atoms with Crippen molar-refractivity contribution in [2.75, 3.05) is 0 Å². The Kier molecular flexibility index (Phi) is 1.35. The van der Waals surface area contributed by atoms with E-state index in [2.05, 4.69) is 0 Å². The molecule has 0 spiro atoms. The summed E-state index contributed by atoms with van der Waals surface area (Å²) >= 11 is -6.94. The maximum absolute atomic E-state index is 9.87. The summed E-state index contributed by atoms with van der Waals surface area (Å²) in [5.74, 6) is 0. The van der Waals surface area contributed by atoms with Crippen molar-refractivity contribution in [1.82, 2.24) is 0 Å². The van der Waals surface area contributed by atoms with Crippen molar-refractivity contribution in [3.8, 4) is 0 Å². The molecule has 0 atom stereocenters. The van der Waals surface area contributed by atoms with Crippen molar-refractivity contribution in [1.29, 1.82) is 0 Å². The van der Waals surface area contributed by atoms with E-state index >= 15 is 0 Å². The Balaban J connectivity index is 3.02. The molecular formula is F4Pt-2. The first-order valence-corrected chi connectivity index (χ1v) is 3.91. The van der Waals surface area contributed by atoms with Crippen LogP contribution in [0.5, 0.6) is 0 Å². The van der Waals surface area contributed by atoms with E-state index < -0.39 is 18.2 Å². The van der Waals surface area contributed by atoms with E-state index in [4.69, 9.17) is 0 Å². The van der Waals surface area contributed by atoms with Gasteiger partial charge in [-0.1, -0.05) is 0 Å². The molecule has 0 aromatic rings. The summed E-state index contributed by atoms with van der Waals surface area (Å²) in [6, 6.07) is 0. The fourth-order valence-electron chi connectivity index (χ4n) is 0. The summed E-state index contributed by atoms with van der Waals surface area (Å²) in [6.07, 6.45) is 0. The third kappa shape index (κ3) is 153. The average Bonchev–Trinajstić information content (AvgIpc) is 0.722. The Bertz CT molecular complexity index is 19.1. The van der Waals surface area contributed by atoms with Crippen LogP contribution in [-0.4, -0.2) is 0 Å². The predicted molar refractivity (Wildman–Crippen MR) is 4.43 cm³/mol. The standard InChI is InChI=1S/4FH.Pt/h4*1H;/q;;;;+2/p-4.